The molecule has 0 heterocycles. The third-order valence-electron chi connectivity index (χ3n) is 5.51. The van der Waals surface area contributed by atoms with Crippen LogP contribution in [-0.4, -0.2) is 0 Å². The molecule has 0 aliphatic carbocycles. The lowest BCUT2D eigenvalue weighted by atomic mass is 9.93. The van der Waals surface area contributed by atoms with E-state index in [1.54, 1.807) is 0 Å². The molecule has 0 atom stereocenters. The molecule has 1 nitrogen and oxygen atoms in total. The third kappa shape index (κ3) is 3.99. The summed E-state index contributed by atoms with van der Waals surface area (Å²) in [7, 11) is 0. The zero-order valence-electron chi connectivity index (χ0n) is 17.2. The van der Waals surface area contributed by atoms with Gasteiger partial charge in [-0.2, -0.15) is 0 Å². The van der Waals surface area contributed by atoms with Gasteiger partial charge in [0, 0.05) is 22.5 Å². The van der Waals surface area contributed by atoms with E-state index in [4.69, 9.17) is 0 Å². The second-order valence-electron chi connectivity index (χ2n) is 7.49. The molecule has 0 fully saturated rings. The molecule has 0 spiro atoms. The molecule has 0 bridgehead atoms. The van der Waals surface area contributed by atoms with Crippen LogP contribution >= 0.6 is 0 Å². The first kappa shape index (κ1) is 18.9. The summed E-state index contributed by atoms with van der Waals surface area (Å²) in [6, 6.07) is 46.7. The SMILES string of the molecule is c1ccc(-c2ccccc2Nc2ccccc2-c2ccccc2-c2ccccc2)cc1. The Labute approximate surface area is 183 Å². The Hall–Kier alpha value is -4.10. The van der Waals surface area contributed by atoms with Crippen LogP contribution in [0.1, 0.15) is 0 Å². The summed E-state index contributed by atoms with van der Waals surface area (Å²) in [5.41, 5.74) is 9.43. The Kier molecular flexibility index (Phi) is 5.32. The molecule has 0 radical (unpaired) electrons. The predicted molar refractivity (Wildman–Crippen MR) is 132 cm³/mol. The highest BCUT2D eigenvalue weighted by Gasteiger charge is 2.12. The minimum atomic E-state index is 1.09. The predicted octanol–water partition coefficient (Wildman–Crippen LogP) is 8.43. The molecule has 5 aromatic carbocycles. The maximum atomic E-state index is 3.72. The molecule has 1 N–H and O–H groups in total. The van der Waals surface area contributed by atoms with Crippen molar-refractivity contribution in [1.82, 2.24) is 0 Å². The van der Waals surface area contributed by atoms with Crippen molar-refractivity contribution in [1.29, 1.82) is 0 Å². The van der Waals surface area contributed by atoms with Gasteiger partial charge in [0.05, 0.1) is 0 Å². The van der Waals surface area contributed by atoms with E-state index in [0.29, 0.717) is 0 Å². The van der Waals surface area contributed by atoms with Crippen LogP contribution < -0.4 is 5.32 Å². The van der Waals surface area contributed by atoms with E-state index in [9.17, 15) is 0 Å². The summed E-state index contributed by atoms with van der Waals surface area (Å²) < 4.78 is 0. The van der Waals surface area contributed by atoms with Gasteiger partial charge in [0.15, 0.2) is 0 Å². The quantitative estimate of drug-likeness (QED) is 0.314. The number of nitrogens with one attached hydrogen (secondary N) is 1. The summed E-state index contributed by atoms with van der Waals surface area (Å²) in [6.07, 6.45) is 0. The van der Waals surface area contributed by atoms with E-state index in [2.05, 4.69) is 139 Å². The van der Waals surface area contributed by atoms with Crippen molar-refractivity contribution in [3.63, 3.8) is 0 Å². The van der Waals surface area contributed by atoms with Gasteiger partial charge in [0.1, 0.15) is 0 Å². The lowest BCUT2D eigenvalue weighted by Gasteiger charge is -2.17. The molecule has 0 saturated carbocycles. The number of hydrogen-bond acceptors (Lipinski definition) is 1. The van der Waals surface area contributed by atoms with Crippen molar-refractivity contribution < 1.29 is 0 Å². The van der Waals surface area contributed by atoms with Crippen LogP contribution in [0.2, 0.25) is 0 Å². The van der Waals surface area contributed by atoms with Gasteiger partial charge < -0.3 is 5.32 Å². The average Bonchev–Trinajstić information content (AvgIpc) is 2.86. The van der Waals surface area contributed by atoms with Crippen molar-refractivity contribution in [3.05, 3.63) is 133 Å². The van der Waals surface area contributed by atoms with Crippen LogP contribution in [0.5, 0.6) is 0 Å². The van der Waals surface area contributed by atoms with Crippen LogP contribution in [0.25, 0.3) is 33.4 Å². The van der Waals surface area contributed by atoms with Gasteiger partial charge in [-0.25, -0.2) is 0 Å². The van der Waals surface area contributed by atoms with Crippen LogP contribution in [0.15, 0.2) is 133 Å². The normalized spacial score (nSPS) is 10.6. The molecule has 0 amide bonds. The zero-order chi connectivity index (χ0) is 20.9. The van der Waals surface area contributed by atoms with Crippen molar-refractivity contribution in [2.45, 2.75) is 0 Å². The second kappa shape index (κ2) is 8.73. The first-order chi connectivity index (χ1) is 15.4. The Morgan fingerprint density at radius 2 is 0.677 bits per heavy atom. The fraction of sp³-hybridized carbons (Fsp3) is 0. The molecular weight excluding hydrogens is 374 g/mol. The van der Waals surface area contributed by atoms with Crippen LogP contribution in [-0.2, 0) is 0 Å². The Morgan fingerprint density at radius 1 is 0.290 bits per heavy atom. The second-order valence-corrected chi connectivity index (χ2v) is 7.49. The zero-order valence-corrected chi connectivity index (χ0v) is 17.2. The first-order valence-electron chi connectivity index (χ1n) is 10.6. The number of rotatable bonds is 5. The summed E-state index contributed by atoms with van der Waals surface area (Å²) in [6.45, 7) is 0. The third-order valence-corrected chi connectivity index (χ3v) is 5.51. The van der Waals surface area contributed by atoms with Crippen LogP contribution in [0.3, 0.4) is 0 Å². The van der Waals surface area contributed by atoms with Gasteiger partial charge >= 0.3 is 0 Å². The monoisotopic (exact) mass is 397 g/mol. The van der Waals surface area contributed by atoms with E-state index < -0.39 is 0 Å². The molecule has 5 rings (SSSR count). The molecule has 0 saturated heterocycles. The van der Waals surface area contributed by atoms with E-state index in [1.807, 2.05) is 0 Å². The highest BCUT2D eigenvalue weighted by Crippen LogP contribution is 2.38. The Morgan fingerprint density at radius 3 is 1.29 bits per heavy atom. The lowest BCUT2D eigenvalue weighted by Crippen LogP contribution is -1.96. The van der Waals surface area contributed by atoms with Crippen molar-refractivity contribution in [2.24, 2.45) is 0 Å². The molecule has 1 heteroatoms. The van der Waals surface area contributed by atoms with E-state index in [1.165, 1.54) is 33.4 Å². The minimum Gasteiger partial charge on any atom is -0.355 e. The van der Waals surface area contributed by atoms with Crippen molar-refractivity contribution in [3.8, 4) is 33.4 Å². The number of para-hydroxylation sites is 2. The fourth-order valence-corrected chi connectivity index (χ4v) is 4.02. The maximum absolute atomic E-state index is 3.72. The number of benzene rings is 5. The van der Waals surface area contributed by atoms with Gasteiger partial charge in [-0.15, -0.1) is 0 Å². The van der Waals surface area contributed by atoms with Crippen molar-refractivity contribution in [2.75, 3.05) is 5.32 Å². The van der Waals surface area contributed by atoms with Crippen LogP contribution in [0.4, 0.5) is 11.4 Å². The Balaban J connectivity index is 1.60. The standard InChI is InChI=1S/C30H23N/c1-3-13-23(14-4-1)25-17-7-8-19-27(25)28-20-10-12-22-30(28)31-29-21-11-9-18-26(29)24-15-5-2-6-16-24/h1-22,31H. The highest BCUT2D eigenvalue weighted by molar-refractivity contribution is 5.92. The summed E-state index contributed by atoms with van der Waals surface area (Å²) in [5, 5.41) is 3.72. The molecule has 0 aromatic heterocycles. The molecule has 148 valence electrons. The summed E-state index contributed by atoms with van der Waals surface area (Å²) in [5.74, 6) is 0. The molecule has 0 aliphatic rings. The molecule has 0 aliphatic heterocycles. The van der Waals surface area contributed by atoms with E-state index in [0.717, 1.165) is 11.4 Å². The topological polar surface area (TPSA) is 12.0 Å². The van der Waals surface area contributed by atoms with Gasteiger partial charge in [-0.05, 0) is 34.4 Å². The number of anilines is 2. The van der Waals surface area contributed by atoms with Crippen molar-refractivity contribution >= 4 is 11.4 Å². The van der Waals surface area contributed by atoms with Gasteiger partial charge in [0.2, 0.25) is 0 Å². The summed E-state index contributed by atoms with van der Waals surface area (Å²) >= 11 is 0. The Bertz CT molecular complexity index is 1290. The molecule has 31 heavy (non-hydrogen) atoms. The van der Waals surface area contributed by atoms with E-state index in [-0.39, 0.29) is 0 Å². The largest absolute Gasteiger partial charge is 0.355 e. The van der Waals surface area contributed by atoms with E-state index >= 15 is 0 Å². The lowest BCUT2D eigenvalue weighted by molar-refractivity contribution is 1.51. The fourth-order valence-electron chi connectivity index (χ4n) is 4.02. The van der Waals surface area contributed by atoms with Gasteiger partial charge in [-0.1, -0.05) is 121 Å². The summed E-state index contributed by atoms with van der Waals surface area (Å²) in [4.78, 5) is 0. The molecular formula is C30H23N. The highest BCUT2D eigenvalue weighted by atomic mass is 14.9. The average molecular weight is 398 g/mol. The smallest absolute Gasteiger partial charge is 0.0464 e. The molecule has 5 aromatic rings. The first-order valence-corrected chi connectivity index (χ1v) is 10.6. The minimum absolute atomic E-state index is 1.09. The van der Waals surface area contributed by atoms with Crippen LogP contribution in [0, 0.1) is 0 Å². The molecule has 0 unspecified atom stereocenters. The van der Waals surface area contributed by atoms with Gasteiger partial charge in [-0.3, -0.25) is 0 Å². The van der Waals surface area contributed by atoms with Gasteiger partial charge in [0.25, 0.3) is 0 Å². The number of hydrogen-bond donors (Lipinski definition) is 1. The maximum Gasteiger partial charge on any atom is 0.0464 e.